The number of nitrogens with two attached hydrogens (primary N) is 2. The quantitative estimate of drug-likeness (QED) is 0.357. The SMILES string of the molecule is N#Cc1c(N)ncnc1NN. The predicted octanol–water partition coefficient (Wildman–Crippen LogP) is -0.784. The van der Waals surface area contributed by atoms with E-state index in [1.54, 1.807) is 0 Å². The van der Waals surface area contributed by atoms with E-state index in [-0.39, 0.29) is 17.2 Å². The van der Waals surface area contributed by atoms with Crippen LogP contribution in [0.25, 0.3) is 0 Å². The summed E-state index contributed by atoms with van der Waals surface area (Å²) in [5.41, 5.74) is 7.73. The Hall–Kier alpha value is -1.87. The van der Waals surface area contributed by atoms with E-state index < -0.39 is 0 Å². The van der Waals surface area contributed by atoms with Crippen LogP contribution in [0, 0.1) is 11.3 Å². The normalized spacial score (nSPS) is 8.73. The number of hydrazine groups is 1. The molecule has 6 nitrogen and oxygen atoms in total. The number of aromatic nitrogens is 2. The van der Waals surface area contributed by atoms with Gasteiger partial charge in [-0.15, -0.1) is 0 Å². The third kappa shape index (κ3) is 1.17. The monoisotopic (exact) mass is 150 g/mol. The van der Waals surface area contributed by atoms with Crippen molar-refractivity contribution < 1.29 is 0 Å². The second kappa shape index (κ2) is 2.81. The Balaban J connectivity index is 3.27. The number of nitrogen functional groups attached to an aromatic ring is 2. The van der Waals surface area contributed by atoms with E-state index in [1.165, 1.54) is 6.33 Å². The van der Waals surface area contributed by atoms with Gasteiger partial charge in [0, 0.05) is 0 Å². The number of nitrogens with zero attached hydrogens (tertiary/aromatic N) is 3. The molecule has 0 radical (unpaired) electrons. The summed E-state index contributed by atoms with van der Waals surface area (Å²) in [7, 11) is 0. The Labute approximate surface area is 62.8 Å². The molecule has 5 N–H and O–H groups in total. The molecule has 0 aliphatic carbocycles. The molecule has 0 aromatic carbocycles. The summed E-state index contributed by atoms with van der Waals surface area (Å²) in [6, 6.07) is 1.82. The fraction of sp³-hybridized carbons (Fsp3) is 0. The van der Waals surface area contributed by atoms with E-state index in [0.29, 0.717) is 0 Å². The average molecular weight is 150 g/mol. The van der Waals surface area contributed by atoms with Crippen LogP contribution in [0.2, 0.25) is 0 Å². The van der Waals surface area contributed by atoms with Gasteiger partial charge in [0.05, 0.1) is 0 Å². The van der Waals surface area contributed by atoms with Crippen LogP contribution >= 0.6 is 0 Å². The molecule has 56 valence electrons. The van der Waals surface area contributed by atoms with Crippen LogP contribution < -0.4 is 17.0 Å². The number of hydrogen-bond donors (Lipinski definition) is 3. The smallest absolute Gasteiger partial charge is 0.163 e. The van der Waals surface area contributed by atoms with Gasteiger partial charge in [-0.3, -0.25) is 0 Å². The minimum absolute atomic E-state index is 0.121. The van der Waals surface area contributed by atoms with Crippen LogP contribution in [-0.4, -0.2) is 9.97 Å². The maximum Gasteiger partial charge on any atom is 0.163 e. The standard InChI is InChI=1S/C5H6N6/c6-1-3-4(7)9-2-10-5(3)11-8/h2H,8H2,(H3,7,9,10,11). The highest BCUT2D eigenvalue weighted by Gasteiger charge is 2.05. The third-order valence-electron chi connectivity index (χ3n) is 1.13. The summed E-state index contributed by atoms with van der Waals surface area (Å²) < 4.78 is 0. The van der Waals surface area contributed by atoms with E-state index in [1.807, 2.05) is 6.07 Å². The number of rotatable bonds is 1. The van der Waals surface area contributed by atoms with Crippen molar-refractivity contribution in [2.45, 2.75) is 0 Å². The molecule has 0 unspecified atom stereocenters. The molecular weight excluding hydrogens is 144 g/mol. The van der Waals surface area contributed by atoms with Gasteiger partial charge >= 0.3 is 0 Å². The van der Waals surface area contributed by atoms with Crippen LogP contribution in [0.5, 0.6) is 0 Å². The van der Waals surface area contributed by atoms with Gasteiger partial charge < -0.3 is 11.2 Å². The summed E-state index contributed by atoms with van der Waals surface area (Å²) in [5.74, 6) is 5.41. The van der Waals surface area contributed by atoms with Crippen molar-refractivity contribution in [2.75, 3.05) is 11.2 Å². The zero-order chi connectivity index (χ0) is 8.27. The first kappa shape index (κ1) is 7.24. The minimum Gasteiger partial charge on any atom is -0.382 e. The fourth-order valence-electron chi connectivity index (χ4n) is 0.619. The molecule has 0 saturated carbocycles. The highest BCUT2D eigenvalue weighted by Crippen LogP contribution is 2.13. The molecular formula is C5H6N6. The van der Waals surface area contributed by atoms with Crippen LogP contribution in [0.15, 0.2) is 6.33 Å². The molecule has 0 saturated heterocycles. The maximum atomic E-state index is 8.52. The van der Waals surface area contributed by atoms with Crippen molar-refractivity contribution in [1.82, 2.24) is 9.97 Å². The zero-order valence-electron chi connectivity index (χ0n) is 5.57. The van der Waals surface area contributed by atoms with E-state index in [0.717, 1.165) is 0 Å². The molecule has 0 aliphatic heterocycles. The van der Waals surface area contributed by atoms with Gasteiger partial charge in [0.1, 0.15) is 23.8 Å². The van der Waals surface area contributed by atoms with Gasteiger partial charge in [-0.05, 0) is 0 Å². The summed E-state index contributed by atoms with van der Waals surface area (Å²) in [6.45, 7) is 0. The Bertz CT molecular complexity index is 300. The second-order valence-electron chi connectivity index (χ2n) is 1.74. The first-order valence-electron chi connectivity index (χ1n) is 2.76. The van der Waals surface area contributed by atoms with Crippen molar-refractivity contribution in [3.8, 4) is 6.07 Å². The van der Waals surface area contributed by atoms with Gasteiger partial charge in [0.15, 0.2) is 5.82 Å². The molecule has 0 amide bonds. The number of nitriles is 1. The van der Waals surface area contributed by atoms with Crippen molar-refractivity contribution in [1.29, 1.82) is 5.26 Å². The zero-order valence-corrected chi connectivity index (χ0v) is 5.57. The van der Waals surface area contributed by atoms with Crippen molar-refractivity contribution in [3.63, 3.8) is 0 Å². The molecule has 6 heteroatoms. The number of hydrogen-bond acceptors (Lipinski definition) is 6. The van der Waals surface area contributed by atoms with Crippen molar-refractivity contribution in [2.24, 2.45) is 5.84 Å². The largest absolute Gasteiger partial charge is 0.382 e. The summed E-state index contributed by atoms with van der Waals surface area (Å²) in [5, 5.41) is 8.52. The van der Waals surface area contributed by atoms with Gasteiger partial charge in [0.2, 0.25) is 0 Å². The highest BCUT2D eigenvalue weighted by molar-refractivity contribution is 5.61. The first-order valence-corrected chi connectivity index (χ1v) is 2.76. The first-order chi connectivity index (χ1) is 5.29. The lowest BCUT2D eigenvalue weighted by Crippen LogP contribution is -2.12. The van der Waals surface area contributed by atoms with Crippen molar-refractivity contribution in [3.05, 3.63) is 11.9 Å². The van der Waals surface area contributed by atoms with Gasteiger partial charge in [0.25, 0.3) is 0 Å². The molecule has 1 aromatic heterocycles. The predicted molar refractivity (Wildman–Crippen MR) is 39.0 cm³/mol. The van der Waals surface area contributed by atoms with E-state index in [2.05, 4.69) is 15.4 Å². The van der Waals surface area contributed by atoms with Crippen LogP contribution in [-0.2, 0) is 0 Å². The van der Waals surface area contributed by atoms with Gasteiger partial charge in [-0.2, -0.15) is 5.26 Å². The Morgan fingerprint density at radius 2 is 2.27 bits per heavy atom. The molecule has 0 bridgehead atoms. The highest BCUT2D eigenvalue weighted by atomic mass is 15.3. The molecule has 1 rings (SSSR count). The van der Waals surface area contributed by atoms with E-state index in [4.69, 9.17) is 16.8 Å². The Morgan fingerprint density at radius 3 is 2.73 bits per heavy atom. The molecule has 0 fully saturated rings. The topological polar surface area (TPSA) is 114 Å². The van der Waals surface area contributed by atoms with E-state index >= 15 is 0 Å². The fourth-order valence-corrected chi connectivity index (χ4v) is 0.619. The summed E-state index contributed by atoms with van der Waals surface area (Å²) >= 11 is 0. The minimum atomic E-state index is 0.121. The lowest BCUT2D eigenvalue weighted by Gasteiger charge is -2.00. The molecule has 11 heavy (non-hydrogen) atoms. The summed E-state index contributed by atoms with van der Waals surface area (Å²) in [6.07, 6.45) is 1.23. The van der Waals surface area contributed by atoms with Gasteiger partial charge in [-0.25, -0.2) is 15.8 Å². The third-order valence-corrected chi connectivity index (χ3v) is 1.13. The molecule has 1 heterocycles. The Kier molecular flexibility index (Phi) is 1.85. The maximum absolute atomic E-state index is 8.52. The van der Waals surface area contributed by atoms with Gasteiger partial charge in [-0.1, -0.05) is 0 Å². The lowest BCUT2D eigenvalue weighted by molar-refractivity contribution is 1.13. The van der Waals surface area contributed by atoms with Crippen LogP contribution in [0.4, 0.5) is 11.6 Å². The summed E-state index contributed by atoms with van der Waals surface area (Å²) in [4.78, 5) is 7.29. The Morgan fingerprint density at radius 1 is 1.55 bits per heavy atom. The molecule has 0 atom stereocenters. The molecule has 0 aliphatic rings. The second-order valence-corrected chi connectivity index (χ2v) is 1.74. The van der Waals surface area contributed by atoms with Crippen molar-refractivity contribution >= 4 is 11.6 Å². The number of anilines is 2. The van der Waals surface area contributed by atoms with Crippen LogP contribution in [0.3, 0.4) is 0 Å². The molecule has 0 spiro atoms. The number of nitrogens with one attached hydrogen (secondary N) is 1. The average Bonchev–Trinajstić information content (AvgIpc) is 2.04. The van der Waals surface area contributed by atoms with E-state index in [9.17, 15) is 0 Å². The molecule has 1 aromatic rings. The van der Waals surface area contributed by atoms with Crippen LogP contribution in [0.1, 0.15) is 5.56 Å². The lowest BCUT2D eigenvalue weighted by atomic mass is 10.3.